The van der Waals surface area contributed by atoms with Crippen molar-refractivity contribution in [1.82, 2.24) is 4.98 Å². The van der Waals surface area contributed by atoms with E-state index in [4.69, 9.17) is 10.8 Å². The number of rotatable bonds is 3. The van der Waals surface area contributed by atoms with E-state index in [-0.39, 0.29) is 11.5 Å². The van der Waals surface area contributed by atoms with E-state index in [0.29, 0.717) is 5.01 Å². The van der Waals surface area contributed by atoms with Gasteiger partial charge in [0.2, 0.25) is 0 Å². The van der Waals surface area contributed by atoms with Gasteiger partial charge in [0, 0.05) is 5.38 Å². The van der Waals surface area contributed by atoms with Crippen LogP contribution < -0.4 is 5.73 Å². The minimum absolute atomic E-state index is 0.0725. The summed E-state index contributed by atoms with van der Waals surface area (Å²) in [6.07, 6.45) is 0. The molecule has 70 valence electrons. The summed E-state index contributed by atoms with van der Waals surface area (Å²) in [5.74, 6) is -1.34. The molecular weight excluding hydrogens is 192 g/mol. The topological polar surface area (TPSA) is 93.3 Å². The number of carboxylic acid groups (broad SMARTS) is 1. The summed E-state index contributed by atoms with van der Waals surface area (Å²) < 4.78 is 0. The van der Waals surface area contributed by atoms with Gasteiger partial charge in [0.15, 0.2) is 11.5 Å². The molecule has 1 atom stereocenters. The van der Waals surface area contributed by atoms with E-state index in [1.807, 2.05) is 0 Å². The number of thiazole rings is 1. The first kappa shape index (κ1) is 9.82. The SMILES string of the molecule is CC(=O)C(N)c1nc(C(=O)O)cs1. The minimum Gasteiger partial charge on any atom is -0.476 e. The van der Waals surface area contributed by atoms with Crippen LogP contribution in [0.25, 0.3) is 0 Å². The lowest BCUT2D eigenvalue weighted by atomic mass is 10.2. The molecule has 5 nitrogen and oxygen atoms in total. The maximum atomic E-state index is 10.8. The lowest BCUT2D eigenvalue weighted by molar-refractivity contribution is -0.118. The molecule has 1 rings (SSSR count). The molecule has 0 saturated heterocycles. The van der Waals surface area contributed by atoms with Crippen LogP contribution in [0.15, 0.2) is 5.38 Å². The van der Waals surface area contributed by atoms with Crippen LogP contribution in [0, 0.1) is 0 Å². The number of carbonyl (C=O) groups is 2. The zero-order valence-electron chi connectivity index (χ0n) is 6.85. The number of nitrogens with two attached hydrogens (primary N) is 1. The highest BCUT2D eigenvalue weighted by molar-refractivity contribution is 7.10. The Morgan fingerprint density at radius 1 is 1.69 bits per heavy atom. The molecule has 13 heavy (non-hydrogen) atoms. The van der Waals surface area contributed by atoms with Crippen molar-refractivity contribution < 1.29 is 14.7 Å². The van der Waals surface area contributed by atoms with Crippen molar-refractivity contribution in [3.05, 3.63) is 16.1 Å². The van der Waals surface area contributed by atoms with E-state index in [1.165, 1.54) is 12.3 Å². The Hall–Kier alpha value is -1.27. The third-order valence-electron chi connectivity index (χ3n) is 1.45. The lowest BCUT2D eigenvalue weighted by Crippen LogP contribution is -2.18. The van der Waals surface area contributed by atoms with Crippen LogP contribution in [0.3, 0.4) is 0 Å². The summed E-state index contributed by atoms with van der Waals surface area (Å²) in [7, 11) is 0. The summed E-state index contributed by atoms with van der Waals surface area (Å²) in [6, 6.07) is -0.807. The number of aromatic carboxylic acids is 1. The molecule has 0 aromatic carbocycles. The summed E-state index contributed by atoms with van der Waals surface area (Å²) in [4.78, 5) is 24.9. The second-order valence-corrected chi connectivity index (χ2v) is 3.35. The van der Waals surface area contributed by atoms with Gasteiger partial charge in [0.05, 0.1) is 0 Å². The molecule has 0 saturated carbocycles. The molecular formula is C7H8N2O3S. The number of Topliss-reactive ketones (excluding diaryl/α,β-unsaturated/α-hetero) is 1. The zero-order valence-corrected chi connectivity index (χ0v) is 7.67. The van der Waals surface area contributed by atoms with Gasteiger partial charge in [-0.25, -0.2) is 9.78 Å². The fourth-order valence-corrected chi connectivity index (χ4v) is 1.55. The van der Waals surface area contributed by atoms with Gasteiger partial charge in [-0.15, -0.1) is 11.3 Å². The molecule has 0 radical (unpaired) electrons. The quantitative estimate of drug-likeness (QED) is 0.738. The molecule has 6 heteroatoms. The highest BCUT2D eigenvalue weighted by Crippen LogP contribution is 2.16. The van der Waals surface area contributed by atoms with Crippen LogP contribution in [0.5, 0.6) is 0 Å². The summed E-state index contributed by atoms with van der Waals surface area (Å²) in [5, 5.41) is 10.2. The van der Waals surface area contributed by atoms with Gasteiger partial charge in [0.1, 0.15) is 11.0 Å². The first-order chi connectivity index (χ1) is 6.02. The molecule has 1 aromatic rings. The number of carboxylic acids is 1. The molecule has 0 aliphatic carbocycles. The summed E-state index contributed by atoms with van der Waals surface area (Å²) >= 11 is 1.08. The minimum atomic E-state index is -1.11. The number of aromatic nitrogens is 1. The molecule has 1 unspecified atom stereocenters. The Labute approximate surface area is 78.2 Å². The molecule has 0 amide bonds. The standard InChI is InChI=1S/C7H8N2O3S/c1-3(10)5(8)6-9-4(2-13-6)7(11)12/h2,5H,8H2,1H3,(H,11,12). The van der Waals surface area contributed by atoms with E-state index in [9.17, 15) is 9.59 Å². The predicted molar refractivity (Wildman–Crippen MR) is 46.7 cm³/mol. The van der Waals surface area contributed by atoms with Crippen molar-refractivity contribution in [1.29, 1.82) is 0 Å². The van der Waals surface area contributed by atoms with Crippen molar-refractivity contribution in [2.45, 2.75) is 13.0 Å². The zero-order chi connectivity index (χ0) is 10.0. The highest BCUT2D eigenvalue weighted by Gasteiger charge is 2.17. The predicted octanol–water partition coefficient (Wildman–Crippen LogP) is 0.430. The number of ketones is 1. The maximum absolute atomic E-state index is 10.8. The molecule has 1 aromatic heterocycles. The first-order valence-corrected chi connectivity index (χ1v) is 4.35. The van der Waals surface area contributed by atoms with Gasteiger partial charge in [-0.1, -0.05) is 0 Å². The van der Waals surface area contributed by atoms with Crippen molar-refractivity contribution in [2.24, 2.45) is 5.73 Å². The largest absolute Gasteiger partial charge is 0.476 e. The Bertz CT molecular complexity index is 347. The van der Waals surface area contributed by atoms with Crippen molar-refractivity contribution in [3.8, 4) is 0 Å². The van der Waals surface area contributed by atoms with E-state index in [0.717, 1.165) is 11.3 Å². The Kier molecular flexibility index (Phi) is 2.74. The van der Waals surface area contributed by atoms with Crippen LogP contribution in [-0.2, 0) is 4.79 Å². The molecule has 0 aliphatic heterocycles. The van der Waals surface area contributed by atoms with Gasteiger partial charge >= 0.3 is 5.97 Å². The highest BCUT2D eigenvalue weighted by atomic mass is 32.1. The van der Waals surface area contributed by atoms with Crippen LogP contribution in [0.1, 0.15) is 28.5 Å². The monoisotopic (exact) mass is 200 g/mol. The normalized spacial score (nSPS) is 12.5. The van der Waals surface area contributed by atoms with E-state index < -0.39 is 12.0 Å². The van der Waals surface area contributed by atoms with Gasteiger partial charge in [0.25, 0.3) is 0 Å². The van der Waals surface area contributed by atoms with E-state index in [2.05, 4.69) is 4.98 Å². The Morgan fingerprint density at radius 3 is 2.69 bits per heavy atom. The number of carbonyl (C=O) groups excluding carboxylic acids is 1. The number of hydrogen-bond acceptors (Lipinski definition) is 5. The van der Waals surface area contributed by atoms with Crippen LogP contribution in [-0.4, -0.2) is 21.8 Å². The lowest BCUT2D eigenvalue weighted by Gasteiger charge is -2.00. The van der Waals surface area contributed by atoms with Crippen LogP contribution in [0.4, 0.5) is 0 Å². The smallest absolute Gasteiger partial charge is 0.355 e. The average Bonchev–Trinajstić information content (AvgIpc) is 2.50. The molecule has 0 bridgehead atoms. The van der Waals surface area contributed by atoms with Gasteiger partial charge in [-0.2, -0.15) is 0 Å². The van der Waals surface area contributed by atoms with Crippen LogP contribution in [0.2, 0.25) is 0 Å². The average molecular weight is 200 g/mol. The third-order valence-corrected chi connectivity index (χ3v) is 2.37. The van der Waals surface area contributed by atoms with Gasteiger partial charge < -0.3 is 10.8 Å². The van der Waals surface area contributed by atoms with Gasteiger partial charge in [-0.05, 0) is 6.92 Å². The van der Waals surface area contributed by atoms with Crippen molar-refractivity contribution >= 4 is 23.1 Å². The molecule has 3 N–H and O–H groups in total. The Morgan fingerprint density at radius 2 is 2.31 bits per heavy atom. The molecule has 0 aliphatic rings. The van der Waals surface area contributed by atoms with Gasteiger partial charge in [-0.3, -0.25) is 4.79 Å². The number of nitrogens with zero attached hydrogens (tertiary/aromatic N) is 1. The maximum Gasteiger partial charge on any atom is 0.355 e. The van der Waals surface area contributed by atoms with E-state index in [1.54, 1.807) is 0 Å². The van der Waals surface area contributed by atoms with Crippen LogP contribution >= 0.6 is 11.3 Å². The third kappa shape index (κ3) is 2.10. The van der Waals surface area contributed by atoms with Crippen molar-refractivity contribution in [2.75, 3.05) is 0 Å². The summed E-state index contributed by atoms with van der Waals surface area (Å²) in [5.41, 5.74) is 5.38. The second kappa shape index (κ2) is 3.63. The van der Waals surface area contributed by atoms with E-state index >= 15 is 0 Å². The molecule has 0 fully saturated rings. The summed E-state index contributed by atoms with van der Waals surface area (Å²) in [6.45, 7) is 1.34. The number of hydrogen-bond donors (Lipinski definition) is 2. The Balaban J connectivity index is 2.91. The second-order valence-electron chi connectivity index (χ2n) is 2.46. The van der Waals surface area contributed by atoms with Crippen molar-refractivity contribution in [3.63, 3.8) is 0 Å². The fraction of sp³-hybridized carbons (Fsp3) is 0.286. The molecule has 0 spiro atoms. The fourth-order valence-electron chi connectivity index (χ4n) is 0.703. The first-order valence-electron chi connectivity index (χ1n) is 3.47. The molecule has 1 heterocycles.